The van der Waals surface area contributed by atoms with Crippen molar-refractivity contribution in [2.45, 2.75) is 83.1 Å². The van der Waals surface area contributed by atoms with Gasteiger partial charge in [0.25, 0.3) is 0 Å². The fraction of sp³-hybridized carbons (Fsp3) is 0.222. The van der Waals surface area contributed by atoms with Crippen molar-refractivity contribution in [1.82, 2.24) is 0 Å². The van der Waals surface area contributed by atoms with Crippen LogP contribution in [0, 0.1) is 83.1 Å². The first-order valence-corrected chi connectivity index (χ1v) is 20.3. The van der Waals surface area contributed by atoms with Gasteiger partial charge in [-0.15, -0.1) is 0 Å². The van der Waals surface area contributed by atoms with Crippen molar-refractivity contribution < 1.29 is 0 Å². The first kappa shape index (κ1) is 38.9. The van der Waals surface area contributed by atoms with Crippen LogP contribution in [0.1, 0.15) is 66.8 Å². The molecule has 0 unspecified atom stereocenters. The molecule has 0 saturated heterocycles. The molecule has 0 saturated carbocycles. The quantitative estimate of drug-likeness (QED) is 0.137. The van der Waals surface area contributed by atoms with Crippen molar-refractivity contribution in [2.75, 3.05) is 0 Å². The first-order chi connectivity index (χ1) is 26.7. The lowest BCUT2D eigenvalue weighted by atomic mass is 9.31. The second-order valence-electron chi connectivity index (χ2n) is 16.9. The van der Waals surface area contributed by atoms with Gasteiger partial charge >= 0.3 is 0 Å². The molecule has 0 N–H and O–H groups in total. The van der Waals surface area contributed by atoms with E-state index in [4.69, 9.17) is 0 Å². The van der Waals surface area contributed by atoms with Gasteiger partial charge in [0.15, 0.2) is 0 Å². The molecule has 0 amide bonds. The highest BCUT2D eigenvalue weighted by Crippen LogP contribution is 2.27. The van der Waals surface area contributed by atoms with Crippen LogP contribution in [-0.4, -0.2) is 13.4 Å². The molecule has 0 aromatic heterocycles. The van der Waals surface area contributed by atoms with E-state index in [1.165, 1.54) is 122 Å². The Morgan fingerprint density at radius 3 is 0.696 bits per heavy atom. The molecule has 0 radical (unpaired) electrons. The topological polar surface area (TPSA) is 0 Å². The van der Waals surface area contributed by atoms with Gasteiger partial charge in [0.2, 0.25) is 13.4 Å². The van der Waals surface area contributed by atoms with Crippen LogP contribution in [-0.2, 0) is 0 Å². The summed E-state index contributed by atoms with van der Waals surface area (Å²) in [6, 6.07) is 46.6. The van der Waals surface area contributed by atoms with Gasteiger partial charge < -0.3 is 0 Å². The molecule has 0 atom stereocenters. The largest absolute Gasteiger partial charge is 0.243 e. The third kappa shape index (κ3) is 7.35. The van der Waals surface area contributed by atoms with Gasteiger partial charge in [0.1, 0.15) is 0 Å². The fourth-order valence-electron chi connectivity index (χ4n) is 10.3. The third-order valence-corrected chi connectivity index (χ3v) is 12.1. The standard InChI is InChI=1S/C54H56B2/c1-33-23-37(5)51(38(6)24-33)55(52-39(7)25-34(2)26-40(52)8)49-31-48(46-21-17-14-18-22-46)50(32-47(49)45-19-15-13-16-20-45)56(53-41(9)27-35(3)28-42(53)10)54-43(11)29-36(4)30-44(54)12/h13-32H,1-12H3. The van der Waals surface area contributed by atoms with E-state index >= 15 is 0 Å². The lowest BCUT2D eigenvalue weighted by Gasteiger charge is -2.30. The number of rotatable bonds is 8. The molecule has 278 valence electrons. The average molecular weight is 727 g/mol. The first-order valence-electron chi connectivity index (χ1n) is 20.3. The van der Waals surface area contributed by atoms with Crippen molar-refractivity contribution in [1.29, 1.82) is 0 Å². The summed E-state index contributed by atoms with van der Waals surface area (Å²) in [4.78, 5) is 0. The minimum absolute atomic E-state index is 0.0204. The molecule has 7 rings (SSSR count). The van der Waals surface area contributed by atoms with Gasteiger partial charge in [-0.1, -0.05) is 221 Å². The van der Waals surface area contributed by atoms with Crippen LogP contribution in [0.5, 0.6) is 0 Å². The molecule has 56 heavy (non-hydrogen) atoms. The normalized spacial score (nSPS) is 11.2. The Bertz CT molecular complexity index is 2200. The molecular formula is C54H56B2. The summed E-state index contributed by atoms with van der Waals surface area (Å²) in [6.45, 7) is 27.5. The van der Waals surface area contributed by atoms with E-state index in [2.05, 4.69) is 204 Å². The molecule has 0 spiro atoms. The van der Waals surface area contributed by atoms with E-state index < -0.39 is 0 Å². The predicted molar refractivity (Wildman–Crippen MR) is 249 cm³/mol. The summed E-state index contributed by atoms with van der Waals surface area (Å²) in [5.41, 5.74) is 29.3. The Labute approximate surface area is 338 Å². The highest BCUT2D eigenvalue weighted by Gasteiger charge is 2.35. The molecule has 0 aliphatic carbocycles. The second kappa shape index (κ2) is 15.7. The Kier molecular flexibility index (Phi) is 10.9. The summed E-state index contributed by atoms with van der Waals surface area (Å²) in [5.74, 6) is 0. The summed E-state index contributed by atoms with van der Waals surface area (Å²) >= 11 is 0. The molecule has 0 nitrogen and oxygen atoms in total. The zero-order chi connectivity index (χ0) is 40.0. The highest BCUT2D eigenvalue weighted by atomic mass is 14.2. The van der Waals surface area contributed by atoms with Crippen molar-refractivity contribution >= 4 is 46.2 Å². The van der Waals surface area contributed by atoms with Gasteiger partial charge in [-0.3, -0.25) is 0 Å². The number of benzene rings is 7. The molecule has 2 heteroatoms. The SMILES string of the molecule is Cc1cc(C)c(B(c2cc(-c3ccccc3)c(B(c3c(C)cc(C)cc3C)c3c(C)cc(C)cc3C)cc2-c2ccccc2)c2c(C)cc(C)cc2C)c(C)c1. The van der Waals surface area contributed by atoms with Crippen molar-refractivity contribution in [2.24, 2.45) is 0 Å². The monoisotopic (exact) mass is 726 g/mol. The Morgan fingerprint density at radius 1 is 0.268 bits per heavy atom. The van der Waals surface area contributed by atoms with Gasteiger partial charge in [-0.25, -0.2) is 0 Å². The lowest BCUT2D eigenvalue weighted by molar-refractivity contribution is 1.33. The zero-order valence-corrected chi connectivity index (χ0v) is 35.7. The lowest BCUT2D eigenvalue weighted by Crippen LogP contribution is -2.59. The maximum atomic E-state index is 2.60. The van der Waals surface area contributed by atoms with Crippen LogP contribution in [0.2, 0.25) is 0 Å². The van der Waals surface area contributed by atoms with E-state index in [9.17, 15) is 0 Å². The number of hydrogen-bond donors (Lipinski definition) is 0. The maximum absolute atomic E-state index is 2.60. The van der Waals surface area contributed by atoms with E-state index in [1.807, 2.05) is 0 Å². The van der Waals surface area contributed by atoms with Crippen LogP contribution in [0.3, 0.4) is 0 Å². The Hall–Kier alpha value is -5.33. The van der Waals surface area contributed by atoms with Gasteiger partial charge in [-0.2, -0.15) is 0 Å². The highest BCUT2D eigenvalue weighted by molar-refractivity contribution is 6.99. The molecule has 7 aromatic rings. The Balaban J connectivity index is 1.71. The molecule has 0 heterocycles. The average Bonchev–Trinajstić information content (AvgIpc) is 3.12. The smallest absolute Gasteiger partial charge is 0.0629 e. The third-order valence-electron chi connectivity index (χ3n) is 12.1. The van der Waals surface area contributed by atoms with Gasteiger partial charge in [0, 0.05) is 0 Å². The zero-order valence-electron chi connectivity index (χ0n) is 35.7. The molecule has 0 aliphatic heterocycles. The molecule has 0 fully saturated rings. The minimum Gasteiger partial charge on any atom is -0.0629 e. The van der Waals surface area contributed by atoms with Crippen LogP contribution >= 0.6 is 0 Å². The number of aryl methyl sites for hydroxylation is 12. The molecule has 0 bridgehead atoms. The van der Waals surface area contributed by atoms with Crippen LogP contribution < -0.4 is 32.8 Å². The van der Waals surface area contributed by atoms with Crippen molar-refractivity contribution in [3.63, 3.8) is 0 Å². The van der Waals surface area contributed by atoms with Crippen molar-refractivity contribution in [3.8, 4) is 22.3 Å². The van der Waals surface area contributed by atoms with Gasteiger partial charge in [-0.05, 0) is 105 Å². The minimum atomic E-state index is 0.0204. The summed E-state index contributed by atoms with van der Waals surface area (Å²) < 4.78 is 0. The fourth-order valence-corrected chi connectivity index (χ4v) is 10.3. The van der Waals surface area contributed by atoms with E-state index in [0.717, 1.165) is 0 Å². The summed E-state index contributed by atoms with van der Waals surface area (Å²) in [5, 5.41) is 0. The molecular weight excluding hydrogens is 670 g/mol. The summed E-state index contributed by atoms with van der Waals surface area (Å²) in [6.07, 6.45) is 0. The molecule has 0 aliphatic rings. The molecule has 7 aromatic carbocycles. The maximum Gasteiger partial charge on any atom is 0.243 e. The Morgan fingerprint density at radius 2 is 0.482 bits per heavy atom. The van der Waals surface area contributed by atoms with Crippen LogP contribution in [0.15, 0.2) is 121 Å². The van der Waals surface area contributed by atoms with Gasteiger partial charge in [0.05, 0.1) is 0 Å². The van der Waals surface area contributed by atoms with Crippen molar-refractivity contribution in [3.05, 3.63) is 188 Å². The van der Waals surface area contributed by atoms with E-state index in [0.29, 0.717) is 0 Å². The van der Waals surface area contributed by atoms with Crippen LogP contribution in [0.25, 0.3) is 22.3 Å². The summed E-state index contributed by atoms with van der Waals surface area (Å²) in [7, 11) is 0. The number of hydrogen-bond acceptors (Lipinski definition) is 0. The van der Waals surface area contributed by atoms with E-state index in [-0.39, 0.29) is 13.4 Å². The second-order valence-corrected chi connectivity index (χ2v) is 16.9. The van der Waals surface area contributed by atoms with Crippen LogP contribution in [0.4, 0.5) is 0 Å². The van der Waals surface area contributed by atoms with E-state index in [1.54, 1.807) is 0 Å². The predicted octanol–water partition coefficient (Wildman–Crippen LogP) is 9.75.